The highest BCUT2D eigenvalue weighted by Gasteiger charge is 2.13. The molecule has 0 aliphatic rings. The average molecular weight is 291 g/mol. The van der Waals surface area contributed by atoms with Gasteiger partial charge in [0.15, 0.2) is 0 Å². The predicted molar refractivity (Wildman–Crippen MR) is 81.7 cm³/mol. The lowest BCUT2D eigenvalue weighted by atomic mass is 10.1. The first-order valence-electron chi connectivity index (χ1n) is 6.96. The lowest BCUT2D eigenvalue weighted by molar-refractivity contribution is -0.137. The lowest BCUT2D eigenvalue weighted by Gasteiger charge is -2.24. The smallest absolute Gasteiger partial charge is 0.337 e. The summed E-state index contributed by atoms with van der Waals surface area (Å²) in [6, 6.07) is 6.96. The van der Waals surface area contributed by atoms with Gasteiger partial charge < -0.3 is 14.7 Å². The molecule has 0 radical (unpaired) electrons. The van der Waals surface area contributed by atoms with E-state index in [2.05, 4.69) is 6.58 Å². The van der Waals surface area contributed by atoms with Gasteiger partial charge in [0.1, 0.15) is 0 Å². The largest absolute Gasteiger partial charge is 0.478 e. The molecule has 5 nitrogen and oxygen atoms in total. The van der Waals surface area contributed by atoms with Crippen molar-refractivity contribution in [1.82, 2.24) is 0 Å². The molecule has 0 atom stereocenters. The highest BCUT2D eigenvalue weighted by molar-refractivity contribution is 5.94. The van der Waals surface area contributed by atoms with E-state index in [0.29, 0.717) is 18.7 Å². The summed E-state index contributed by atoms with van der Waals surface area (Å²) in [4.78, 5) is 24.1. The molecule has 0 saturated carbocycles. The number of nitrogens with zero attached hydrogens (tertiary/aromatic N) is 1. The van der Waals surface area contributed by atoms with Crippen LogP contribution in [0.1, 0.15) is 30.1 Å². The Morgan fingerprint density at radius 2 is 2.05 bits per heavy atom. The number of esters is 1. The number of benzene rings is 1. The number of carboxylic acid groups (broad SMARTS) is 1. The van der Waals surface area contributed by atoms with Crippen LogP contribution in [0.4, 0.5) is 5.69 Å². The highest BCUT2D eigenvalue weighted by atomic mass is 16.5. The summed E-state index contributed by atoms with van der Waals surface area (Å²) in [6.45, 7) is 7.09. The van der Waals surface area contributed by atoms with Crippen LogP contribution in [0.3, 0.4) is 0 Å². The van der Waals surface area contributed by atoms with Crippen molar-refractivity contribution in [1.29, 1.82) is 0 Å². The molecule has 0 heterocycles. The van der Waals surface area contributed by atoms with Gasteiger partial charge in [-0.1, -0.05) is 18.7 Å². The van der Waals surface area contributed by atoms with Crippen molar-refractivity contribution >= 4 is 17.6 Å². The molecule has 1 aromatic rings. The number of rotatable bonds is 9. The molecule has 5 heteroatoms. The van der Waals surface area contributed by atoms with Gasteiger partial charge in [0.2, 0.25) is 0 Å². The quantitative estimate of drug-likeness (QED) is 0.430. The van der Waals surface area contributed by atoms with E-state index >= 15 is 0 Å². The Morgan fingerprint density at radius 1 is 1.33 bits per heavy atom. The van der Waals surface area contributed by atoms with Gasteiger partial charge in [-0.2, -0.15) is 0 Å². The van der Waals surface area contributed by atoms with Crippen LogP contribution in [-0.4, -0.2) is 36.7 Å². The minimum atomic E-state index is -0.927. The van der Waals surface area contributed by atoms with Crippen LogP contribution in [-0.2, 0) is 9.53 Å². The van der Waals surface area contributed by atoms with Crippen molar-refractivity contribution in [2.24, 2.45) is 0 Å². The SMILES string of the molecule is C=CC(=O)OCCCCN(CC)c1ccccc1C(=O)O. The number of carbonyl (C=O) groups excluding carboxylic acids is 1. The van der Waals surface area contributed by atoms with E-state index in [0.717, 1.165) is 31.1 Å². The predicted octanol–water partition coefficient (Wildman–Crippen LogP) is 2.72. The zero-order valence-corrected chi connectivity index (χ0v) is 12.2. The van der Waals surface area contributed by atoms with Gasteiger partial charge in [0, 0.05) is 19.2 Å². The molecule has 0 saturated heterocycles. The molecule has 0 spiro atoms. The van der Waals surface area contributed by atoms with Crippen molar-refractivity contribution in [3.05, 3.63) is 42.5 Å². The number of anilines is 1. The average Bonchev–Trinajstić information content (AvgIpc) is 2.50. The highest BCUT2D eigenvalue weighted by Crippen LogP contribution is 2.20. The number of unbranched alkanes of at least 4 members (excludes halogenated alkanes) is 1. The van der Waals surface area contributed by atoms with Crippen molar-refractivity contribution < 1.29 is 19.4 Å². The summed E-state index contributed by atoms with van der Waals surface area (Å²) >= 11 is 0. The monoisotopic (exact) mass is 291 g/mol. The molecule has 0 aliphatic heterocycles. The number of ether oxygens (including phenoxy) is 1. The van der Waals surface area contributed by atoms with E-state index in [4.69, 9.17) is 4.74 Å². The molecule has 21 heavy (non-hydrogen) atoms. The molecule has 1 rings (SSSR count). The van der Waals surface area contributed by atoms with Crippen LogP contribution in [0.15, 0.2) is 36.9 Å². The van der Waals surface area contributed by atoms with Gasteiger partial charge in [0.25, 0.3) is 0 Å². The van der Waals surface area contributed by atoms with Gasteiger partial charge >= 0.3 is 11.9 Å². The molecule has 1 aromatic carbocycles. The summed E-state index contributed by atoms with van der Waals surface area (Å²) in [7, 11) is 0. The molecular weight excluding hydrogens is 270 g/mol. The Labute approximate surface area is 124 Å². The Balaban J connectivity index is 2.54. The lowest BCUT2D eigenvalue weighted by Crippen LogP contribution is -2.26. The number of carboxylic acids is 1. The minimum Gasteiger partial charge on any atom is -0.478 e. The van der Waals surface area contributed by atoms with Crippen molar-refractivity contribution in [2.75, 3.05) is 24.6 Å². The number of hydrogen-bond donors (Lipinski definition) is 1. The van der Waals surface area contributed by atoms with Gasteiger partial charge in [-0.25, -0.2) is 9.59 Å². The second kappa shape index (κ2) is 8.79. The Kier molecular flexibility index (Phi) is 7.01. The Bertz CT molecular complexity index is 499. The van der Waals surface area contributed by atoms with Crippen LogP contribution in [0.25, 0.3) is 0 Å². The molecule has 0 bridgehead atoms. The van der Waals surface area contributed by atoms with Crippen LogP contribution < -0.4 is 4.90 Å². The number of aromatic carboxylic acids is 1. The maximum Gasteiger partial charge on any atom is 0.337 e. The summed E-state index contributed by atoms with van der Waals surface area (Å²) in [5, 5.41) is 9.21. The topological polar surface area (TPSA) is 66.8 Å². The zero-order chi connectivity index (χ0) is 15.7. The van der Waals surface area contributed by atoms with Gasteiger partial charge in [0.05, 0.1) is 17.9 Å². The second-order valence-electron chi connectivity index (χ2n) is 4.48. The standard InChI is InChI=1S/C16H21NO4/c1-3-15(18)21-12-8-7-11-17(4-2)14-10-6-5-9-13(14)16(19)20/h3,5-6,9-10H,1,4,7-8,11-12H2,2H3,(H,19,20). The van der Waals surface area contributed by atoms with Crippen LogP contribution in [0.2, 0.25) is 0 Å². The molecule has 0 fully saturated rings. The fraction of sp³-hybridized carbons (Fsp3) is 0.375. The number of hydrogen-bond acceptors (Lipinski definition) is 4. The van der Waals surface area contributed by atoms with E-state index in [1.807, 2.05) is 24.0 Å². The van der Waals surface area contributed by atoms with E-state index in [1.165, 1.54) is 0 Å². The van der Waals surface area contributed by atoms with Gasteiger partial charge in [-0.3, -0.25) is 0 Å². The summed E-state index contributed by atoms with van der Waals surface area (Å²) in [6.07, 6.45) is 2.68. The van der Waals surface area contributed by atoms with Gasteiger partial charge in [-0.15, -0.1) is 0 Å². The van der Waals surface area contributed by atoms with Crippen molar-refractivity contribution in [2.45, 2.75) is 19.8 Å². The van der Waals surface area contributed by atoms with E-state index in [1.54, 1.807) is 12.1 Å². The van der Waals surface area contributed by atoms with Crippen LogP contribution in [0, 0.1) is 0 Å². The first-order chi connectivity index (χ1) is 10.1. The third kappa shape index (κ3) is 5.30. The fourth-order valence-corrected chi connectivity index (χ4v) is 2.02. The van der Waals surface area contributed by atoms with E-state index < -0.39 is 11.9 Å². The van der Waals surface area contributed by atoms with Gasteiger partial charge in [-0.05, 0) is 31.9 Å². The molecule has 0 amide bonds. The molecule has 1 N–H and O–H groups in total. The third-order valence-corrected chi connectivity index (χ3v) is 3.09. The fourth-order valence-electron chi connectivity index (χ4n) is 2.02. The maximum absolute atomic E-state index is 11.2. The number of carbonyl (C=O) groups is 2. The van der Waals surface area contributed by atoms with Crippen LogP contribution >= 0.6 is 0 Å². The molecule has 0 unspecified atom stereocenters. The van der Waals surface area contributed by atoms with Crippen molar-refractivity contribution in [3.8, 4) is 0 Å². The number of para-hydroxylation sites is 1. The summed E-state index contributed by atoms with van der Waals surface area (Å²) < 4.78 is 4.90. The minimum absolute atomic E-state index is 0.303. The molecule has 0 aliphatic carbocycles. The first-order valence-corrected chi connectivity index (χ1v) is 6.96. The molecule has 0 aromatic heterocycles. The normalized spacial score (nSPS) is 9.95. The first kappa shape index (κ1) is 16.8. The van der Waals surface area contributed by atoms with Crippen LogP contribution in [0.5, 0.6) is 0 Å². The second-order valence-corrected chi connectivity index (χ2v) is 4.48. The zero-order valence-electron chi connectivity index (χ0n) is 12.2. The summed E-state index contributed by atoms with van der Waals surface area (Å²) in [5.74, 6) is -1.34. The molecule has 114 valence electrons. The maximum atomic E-state index is 11.2. The van der Waals surface area contributed by atoms with E-state index in [-0.39, 0.29) is 0 Å². The van der Waals surface area contributed by atoms with Crippen molar-refractivity contribution in [3.63, 3.8) is 0 Å². The summed E-state index contributed by atoms with van der Waals surface area (Å²) in [5.41, 5.74) is 1.02. The Morgan fingerprint density at radius 3 is 2.67 bits per heavy atom. The Hall–Kier alpha value is -2.30. The third-order valence-electron chi connectivity index (χ3n) is 3.09. The van der Waals surface area contributed by atoms with E-state index in [9.17, 15) is 14.7 Å². The molecular formula is C16H21NO4.